The monoisotopic (exact) mass is 254 g/mol. The minimum Gasteiger partial charge on any atom is -0.481 e. The molecule has 0 aromatic heterocycles. The summed E-state index contributed by atoms with van der Waals surface area (Å²) in [5.74, 6) is -0.698. The Balaban J connectivity index is 2.35. The van der Waals surface area contributed by atoms with Crippen LogP contribution in [0, 0.1) is 5.92 Å². The van der Waals surface area contributed by atoms with Crippen molar-refractivity contribution in [3.63, 3.8) is 0 Å². The lowest BCUT2D eigenvalue weighted by Gasteiger charge is -2.12. The average Bonchev–Trinajstić information content (AvgIpc) is 2.92. The summed E-state index contributed by atoms with van der Waals surface area (Å²) in [4.78, 5) is 11.1. The van der Waals surface area contributed by atoms with Crippen molar-refractivity contribution in [3.05, 3.63) is 34.3 Å². The first kappa shape index (κ1) is 9.71. The van der Waals surface area contributed by atoms with Crippen LogP contribution in [0.1, 0.15) is 24.3 Å². The molecule has 14 heavy (non-hydrogen) atoms. The zero-order valence-electron chi connectivity index (χ0n) is 7.61. The van der Waals surface area contributed by atoms with Crippen LogP contribution >= 0.6 is 15.9 Å². The van der Waals surface area contributed by atoms with E-state index in [1.807, 2.05) is 24.3 Å². The lowest BCUT2D eigenvalue weighted by atomic mass is 9.94. The smallest absolute Gasteiger partial charge is 0.311 e. The molecule has 1 unspecified atom stereocenters. The fraction of sp³-hybridized carbons (Fsp3) is 0.364. The Hall–Kier alpha value is -0.830. The highest BCUT2D eigenvalue weighted by Crippen LogP contribution is 2.44. The van der Waals surface area contributed by atoms with E-state index in [9.17, 15) is 4.79 Å². The molecular formula is C11H11BrO2. The molecule has 1 saturated carbocycles. The normalized spacial score (nSPS) is 17.8. The van der Waals surface area contributed by atoms with Gasteiger partial charge in [0.15, 0.2) is 0 Å². The molecule has 74 valence electrons. The van der Waals surface area contributed by atoms with Crippen LogP contribution in [0.4, 0.5) is 0 Å². The van der Waals surface area contributed by atoms with Gasteiger partial charge in [-0.05, 0) is 30.4 Å². The van der Waals surface area contributed by atoms with Crippen LogP contribution in [0.3, 0.4) is 0 Å². The Labute approximate surface area is 91.1 Å². The number of carbonyl (C=O) groups is 1. The Bertz CT molecular complexity index is 358. The van der Waals surface area contributed by atoms with Gasteiger partial charge in [0, 0.05) is 4.47 Å². The molecule has 2 rings (SSSR count). The molecule has 1 fully saturated rings. The van der Waals surface area contributed by atoms with Crippen LogP contribution in [0.5, 0.6) is 0 Å². The number of rotatable bonds is 3. The maximum absolute atomic E-state index is 11.1. The van der Waals surface area contributed by atoms with Crippen LogP contribution in [0.15, 0.2) is 28.7 Å². The molecule has 1 aliphatic carbocycles. The summed E-state index contributed by atoms with van der Waals surface area (Å²) in [6, 6.07) is 7.58. The van der Waals surface area contributed by atoms with Crippen LogP contribution in [0.25, 0.3) is 0 Å². The lowest BCUT2D eigenvalue weighted by Crippen LogP contribution is -2.14. The Morgan fingerprint density at radius 1 is 1.43 bits per heavy atom. The standard InChI is InChI=1S/C11H11BrO2/c12-9-4-2-1-3-8(9)10(11(13)14)7-5-6-7/h1-4,7,10H,5-6H2,(H,13,14). The summed E-state index contributed by atoms with van der Waals surface area (Å²) in [6.07, 6.45) is 2.08. The molecule has 0 bridgehead atoms. The van der Waals surface area contributed by atoms with Gasteiger partial charge in [0.1, 0.15) is 0 Å². The molecule has 0 spiro atoms. The van der Waals surface area contributed by atoms with Crippen molar-refractivity contribution < 1.29 is 9.90 Å². The summed E-state index contributed by atoms with van der Waals surface area (Å²) in [6.45, 7) is 0. The number of carboxylic acid groups (broad SMARTS) is 1. The summed E-state index contributed by atoms with van der Waals surface area (Å²) in [7, 11) is 0. The third-order valence-electron chi connectivity index (χ3n) is 2.60. The Kier molecular flexibility index (Phi) is 2.59. The molecule has 1 aliphatic rings. The number of carboxylic acids is 1. The molecule has 0 saturated heterocycles. The quantitative estimate of drug-likeness (QED) is 0.901. The first-order valence-electron chi connectivity index (χ1n) is 4.67. The summed E-state index contributed by atoms with van der Waals surface area (Å²) < 4.78 is 0.902. The molecule has 0 amide bonds. The van der Waals surface area contributed by atoms with Gasteiger partial charge in [-0.1, -0.05) is 34.1 Å². The lowest BCUT2D eigenvalue weighted by molar-refractivity contribution is -0.139. The van der Waals surface area contributed by atoms with Crippen molar-refractivity contribution >= 4 is 21.9 Å². The largest absolute Gasteiger partial charge is 0.481 e. The first-order valence-corrected chi connectivity index (χ1v) is 5.46. The van der Waals surface area contributed by atoms with E-state index >= 15 is 0 Å². The van der Waals surface area contributed by atoms with Gasteiger partial charge in [0.25, 0.3) is 0 Å². The van der Waals surface area contributed by atoms with Gasteiger partial charge in [0.2, 0.25) is 0 Å². The molecule has 2 nitrogen and oxygen atoms in total. The fourth-order valence-electron chi connectivity index (χ4n) is 1.75. The predicted molar refractivity (Wildman–Crippen MR) is 57.2 cm³/mol. The third kappa shape index (κ3) is 1.82. The van der Waals surface area contributed by atoms with Crippen LogP contribution in [0.2, 0.25) is 0 Å². The van der Waals surface area contributed by atoms with Gasteiger partial charge in [-0.25, -0.2) is 0 Å². The van der Waals surface area contributed by atoms with Crippen molar-refractivity contribution in [2.45, 2.75) is 18.8 Å². The van der Waals surface area contributed by atoms with Crippen LogP contribution in [-0.2, 0) is 4.79 Å². The van der Waals surface area contributed by atoms with Crippen LogP contribution in [-0.4, -0.2) is 11.1 Å². The highest BCUT2D eigenvalue weighted by atomic mass is 79.9. The van der Waals surface area contributed by atoms with Gasteiger partial charge < -0.3 is 5.11 Å². The maximum atomic E-state index is 11.1. The van der Waals surface area contributed by atoms with Gasteiger partial charge in [-0.15, -0.1) is 0 Å². The minimum absolute atomic E-state index is 0.328. The number of aliphatic carboxylic acids is 1. The summed E-state index contributed by atoms with van der Waals surface area (Å²) in [5, 5.41) is 9.14. The third-order valence-corrected chi connectivity index (χ3v) is 3.32. The maximum Gasteiger partial charge on any atom is 0.311 e. The van der Waals surface area contributed by atoms with E-state index < -0.39 is 5.97 Å². The SMILES string of the molecule is O=C(O)C(c1ccccc1Br)C1CC1. The molecule has 1 N–H and O–H groups in total. The fourth-order valence-corrected chi connectivity index (χ4v) is 2.28. The van der Waals surface area contributed by atoms with E-state index in [1.54, 1.807) is 0 Å². The van der Waals surface area contributed by atoms with E-state index in [-0.39, 0.29) is 5.92 Å². The van der Waals surface area contributed by atoms with Crippen molar-refractivity contribution in [2.24, 2.45) is 5.92 Å². The van der Waals surface area contributed by atoms with E-state index in [0.717, 1.165) is 22.9 Å². The molecule has 0 aliphatic heterocycles. The second-order valence-corrected chi connectivity index (χ2v) is 4.53. The zero-order valence-corrected chi connectivity index (χ0v) is 9.20. The molecule has 3 heteroatoms. The number of halogens is 1. The molecular weight excluding hydrogens is 244 g/mol. The zero-order chi connectivity index (χ0) is 10.1. The Morgan fingerprint density at radius 2 is 2.07 bits per heavy atom. The second kappa shape index (κ2) is 3.73. The summed E-state index contributed by atoms with van der Waals surface area (Å²) in [5.41, 5.74) is 0.905. The van der Waals surface area contributed by atoms with Crippen molar-refractivity contribution in [2.75, 3.05) is 0 Å². The minimum atomic E-state index is -0.709. The Morgan fingerprint density at radius 3 is 2.57 bits per heavy atom. The highest BCUT2D eigenvalue weighted by molar-refractivity contribution is 9.10. The molecule has 1 atom stereocenters. The molecule has 1 aromatic carbocycles. The topological polar surface area (TPSA) is 37.3 Å². The second-order valence-electron chi connectivity index (χ2n) is 3.67. The molecule has 1 aromatic rings. The average molecular weight is 255 g/mol. The number of benzene rings is 1. The van der Waals surface area contributed by atoms with Gasteiger partial charge in [-0.3, -0.25) is 4.79 Å². The van der Waals surface area contributed by atoms with E-state index in [1.165, 1.54) is 0 Å². The van der Waals surface area contributed by atoms with E-state index in [0.29, 0.717) is 5.92 Å². The molecule has 0 radical (unpaired) electrons. The highest BCUT2D eigenvalue weighted by Gasteiger charge is 2.38. The van der Waals surface area contributed by atoms with E-state index in [4.69, 9.17) is 5.11 Å². The van der Waals surface area contributed by atoms with Crippen molar-refractivity contribution in [1.29, 1.82) is 0 Å². The van der Waals surface area contributed by atoms with Crippen molar-refractivity contribution in [1.82, 2.24) is 0 Å². The van der Waals surface area contributed by atoms with Crippen LogP contribution < -0.4 is 0 Å². The number of hydrogen-bond donors (Lipinski definition) is 1. The number of hydrogen-bond acceptors (Lipinski definition) is 1. The predicted octanol–water partition coefficient (Wildman–Crippen LogP) is 3.03. The van der Waals surface area contributed by atoms with E-state index in [2.05, 4.69) is 15.9 Å². The van der Waals surface area contributed by atoms with Gasteiger partial charge >= 0.3 is 5.97 Å². The summed E-state index contributed by atoms with van der Waals surface area (Å²) >= 11 is 3.40. The van der Waals surface area contributed by atoms with Crippen molar-refractivity contribution in [3.8, 4) is 0 Å². The molecule has 0 heterocycles. The van der Waals surface area contributed by atoms with Gasteiger partial charge in [0.05, 0.1) is 5.92 Å². The van der Waals surface area contributed by atoms with Gasteiger partial charge in [-0.2, -0.15) is 0 Å². The first-order chi connectivity index (χ1) is 6.70.